The van der Waals surface area contributed by atoms with Gasteiger partial charge in [-0.25, -0.2) is 0 Å². The molecule has 0 spiro atoms. The summed E-state index contributed by atoms with van der Waals surface area (Å²) in [7, 11) is 0. The van der Waals surface area contributed by atoms with E-state index in [-0.39, 0.29) is 5.78 Å². The maximum absolute atomic E-state index is 11.7. The summed E-state index contributed by atoms with van der Waals surface area (Å²) in [5, 5.41) is 0. The van der Waals surface area contributed by atoms with Crippen LogP contribution >= 0.6 is 15.9 Å². The third-order valence-electron chi connectivity index (χ3n) is 2.84. The Balaban J connectivity index is 2.23. The summed E-state index contributed by atoms with van der Waals surface area (Å²) in [6.07, 6.45) is 0.501. The minimum absolute atomic E-state index is 0.123. The zero-order chi connectivity index (χ0) is 13.8. The van der Waals surface area contributed by atoms with Crippen molar-refractivity contribution in [1.82, 2.24) is 0 Å². The fourth-order valence-electron chi connectivity index (χ4n) is 1.75. The van der Waals surface area contributed by atoms with Gasteiger partial charge in [-0.05, 0) is 42.8 Å². The molecule has 0 saturated carbocycles. The van der Waals surface area contributed by atoms with Crippen molar-refractivity contribution >= 4 is 21.7 Å². The topological polar surface area (TPSA) is 26.3 Å². The Morgan fingerprint density at radius 2 is 1.89 bits per heavy atom. The molecule has 2 rings (SSSR count). The lowest BCUT2D eigenvalue weighted by Gasteiger charge is -2.08. The summed E-state index contributed by atoms with van der Waals surface area (Å²) in [4.78, 5) is 11.7. The van der Waals surface area contributed by atoms with Crippen molar-refractivity contribution in [3.05, 3.63) is 58.1 Å². The van der Waals surface area contributed by atoms with Crippen LogP contribution in [0.4, 0.5) is 0 Å². The number of ketones is 1. The zero-order valence-electron chi connectivity index (χ0n) is 10.9. The lowest BCUT2D eigenvalue weighted by Crippen LogP contribution is -1.96. The van der Waals surface area contributed by atoms with Crippen LogP contribution in [0.1, 0.15) is 29.3 Å². The van der Waals surface area contributed by atoms with E-state index in [0.29, 0.717) is 17.7 Å². The fraction of sp³-hybridized carbons (Fsp3) is 0.188. The van der Waals surface area contributed by atoms with Gasteiger partial charge in [0.05, 0.1) is 0 Å². The van der Waals surface area contributed by atoms with E-state index in [2.05, 4.69) is 15.9 Å². The minimum Gasteiger partial charge on any atom is -0.457 e. The molecular formula is C16H15BrO2. The molecule has 0 saturated heterocycles. The number of carbonyl (C=O) groups excluding carboxylic acids is 1. The molecule has 0 aliphatic heterocycles. The van der Waals surface area contributed by atoms with Crippen molar-refractivity contribution in [2.24, 2.45) is 0 Å². The molecule has 0 amide bonds. The Kier molecular flexibility index (Phi) is 4.38. The minimum atomic E-state index is 0.123. The van der Waals surface area contributed by atoms with E-state index in [1.807, 2.05) is 50.2 Å². The first-order valence-electron chi connectivity index (χ1n) is 6.17. The molecule has 2 aromatic rings. The molecule has 0 radical (unpaired) electrons. The van der Waals surface area contributed by atoms with Crippen molar-refractivity contribution < 1.29 is 9.53 Å². The number of rotatable bonds is 4. The molecule has 2 nitrogen and oxygen atoms in total. The van der Waals surface area contributed by atoms with Crippen LogP contribution < -0.4 is 4.74 Å². The van der Waals surface area contributed by atoms with Crippen LogP contribution in [-0.4, -0.2) is 5.78 Å². The Bertz CT molecular complexity index is 605. The van der Waals surface area contributed by atoms with Crippen molar-refractivity contribution in [1.29, 1.82) is 0 Å². The van der Waals surface area contributed by atoms with E-state index >= 15 is 0 Å². The summed E-state index contributed by atoms with van der Waals surface area (Å²) in [5.74, 6) is 1.57. The number of ether oxygens (including phenoxy) is 1. The smallest absolute Gasteiger partial charge is 0.162 e. The lowest BCUT2D eigenvalue weighted by atomic mass is 10.1. The van der Waals surface area contributed by atoms with Gasteiger partial charge in [0.25, 0.3) is 0 Å². The SMILES string of the molecule is CCC(=O)c1cccc(Oc2ccc(Br)c(C)c2)c1. The number of halogens is 1. The fourth-order valence-corrected chi connectivity index (χ4v) is 2.00. The van der Waals surface area contributed by atoms with Crippen molar-refractivity contribution in [2.75, 3.05) is 0 Å². The Labute approximate surface area is 121 Å². The summed E-state index contributed by atoms with van der Waals surface area (Å²) in [5.41, 5.74) is 1.80. The van der Waals surface area contributed by atoms with Crippen molar-refractivity contribution in [3.63, 3.8) is 0 Å². The number of hydrogen-bond donors (Lipinski definition) is 0. The van der Waals surface area contributed by atoms with Gasteiger partial charge in [0.1, 0.15) is 11.5 Å². The van der Waals surface area contributed by atoms with Crippen LogP contribution in [0.5, 0.6) is 11.5 Å². The second-order valence-electron chi connectivity index (χ2n) is 4.32. The highest BCUT2D eigenvalue weighted by atomic mass is 79.9. The Morgan fingerprint density at radius 1 is 1.16 bits per heavy atom. The predicted octanol–water partition coefficient (Wildman–Crippen LogP) is 5.14. The molecular weight excluding hydrogens is 304 g/mol. The highest BCUT2D eigenvalue weighted by Gasteiger charge is 2.05. The molecule has 2 aromatic carbocycles. The average Bonchev–Trinajstić information content (AvgIpc) is 2.42. The van der Waals surface area contributed by atoms with Gasteiger partial charge in [-0.15, -0.1) is 0 Å². The summed E-state index contributed by atoms with van der Waals surface area (Å²) < 4.78 is 6.83. The van der Waals surface area contributed by atoms with Crippen LogP contribution in [0.3, 0.4) is 0 Å². The van der Waals surface area contributed by atoms with Gasteiger partial charge in [0, 0.05) is 16.5 Å². The van der Waals surface area contributed by atoms with Crippen LogP contribution in [0, 0.1) is 6.92 Å². The molecule has 0 heterocycles. The summed E-state index contributed by atoms with van der Waals surface area (Å²) in [6.45, 7) is 3.86. The van der Waals surface area contributed by atoms with Gasteiger partial charge in [0.2, 0.25) is 0 Å². The lowest BCUT2D eigenvalue weighted by molar-refractivity contribution is 0.0988. The van der Waals surface area contributed by atoms with E-state index in [1.165, 1.54) is 0 Å². The molecule has 0 fully saturated rings. The maximum atomic E-state index is 11.7. The first-order chi connectivity index (χ1) is 9.10. The second kappa shape index (κ2) is 6.02. The summed E-state index contributed by atoms with van der Waals surface area (Å²) >= 11 is 3.45. The summed E-state index contributed by atoms with van der Waals surface area (Å²) in [6, 6.07) is 13.1. The van der Waals surface area contributed by atoms with Gasteiger partial charge in [-0.3, -0.25) is 4.79 Å². The third-order valence-corrected chi connectivity index (χ3v) is 3.73. The molecule has 0 bridgehead atoms. The second-order valence-corrected chi connectivity index (χ2v) is 5.17. The average molecular weight is 319 g/mol. The van der Waals surface area contributed by atoms with E-state index in [0.717, 1.165) is 15.8 Å². The third kappa shape index (κ3) is 3.44. The maximum Gasteiger partial charge on any atom is 0.162 e. The highest BCUT2D eigenvalue weighted by molar-refractivity contribution is 9.10. The standard InChI is InChI=1S/C16H15BrO2/c1-3-16(18)12-5-4-6-13(10-12)19-14-7-8-15(17)11(2)9-14/h4-10H,3H2,1-2H3. The van der Waals surface area contributed by atoms with Crippen molar-refractivity contribution in [3.8, 4) is 11.5 Å². The van der Waals surface area contributed by atoms with Crippen LogP contribution in [0.2, 0.25) is 0 Å². The van der Waals surface area contributed by atoms with E-state index in [9.17, 15) is 4.79 Å². The molecule has 3 heteroatoms. The van der Waals surface area contributed by atoms with Crippen LogP contribution in [0.25, 0.3) is 0 Å². The number of hydrogen-bond acceptors (Lipinski definition) is 2. The molecule has 0 unspecified atom stereocenters. The number of benzene rings is 2. The van der Waals surface area contributed by atoms with Gasteiger partial charge in [-0.1, -0.05) is 35.0 Å². The molecule has 19 heavy (non-hydrogen) atoms. The normalized spacial score (nSPS) is 10.3. The predicted molar refractivity (Wildman–Crippen MR) is 80.0 cm³/mol. The van der Waals surface area contributed by atoms with E-state index in [4.69, 9.17) is 4.74 Å². The van der Waals surface area contributed by atoms with Gasteiger partial charge in [-0.2, -0.15) is 0 Å². The molecule has 0 atom stereocenters. The zero-order valence-corrected chi connectivity index (χ0v) is 12.5. The largest absolute Gasteiger partial charge is 0.457 e. The molecule has 0 aliphatic carbocycles. The van der Waals surface area contributed by atoms with Gasteiger partial charge in [0.15, 0.2) is 5.78 Å². The number of aryl methyl sites for hydroxylation is 1. The van der Waals surface area contributed by atoms with Gasteiger partial charge < -0.3 is 4.74 Å². The van der Waals surface area contributed by atoms with Gasteiger partial charge >= 0.3 is 0 Å². The number of Topliss-reactive ketones (excluding diaryl/α,β-unsaturated/α-hetero) is 1. The molecule has 0 aromatic heterocycles. The Morgan fingerprint density at radius 3 is 2.58 bits per heavy atom. The number of carbonyl (C=O) groups is 1. The Hall–Kier alpha value is -1.61. The van der Waals surface area contributed by atoms with Crippen LogP contribution in [-0.2, 0) is 0 Å². The highest BCUT2D eigenvalue weighted by Crippen LogP contribution is 2.26. The molecule has 98 valence electrons. The first-order valence-corrected chi connectivity index (χ1v) is 6.96. The quantitative estimate of drug-likeness (QED) is 0.729. The molecule has 0 N–H and O–H groups in total. The van der Waals surface area contributed by atoms with E-state index in [1.54, 1.807) is 6.07 Å². The molecule has 0 aliphatic rings. The van der Waals surface area contributed by atoms with Crippen molar-refractivity contribution in [2.45, 2.75) is 20.3 Å². The first kappa shape index (κ1) is 13.8. The monoisotopic (exact) mass is 318 g/mol. The van der Waals surface area contributed by atoms with E-state index < -0.39 is 0 Å². The van der Waals surface area contributed by atoms with Crippen LogP contribution in [0.15, 0.2) is 46.9 Å².